The van der Waals surface area contributed by atoms with Crippen molar-refractivity contribution in [2.24, 2.45) is 4.99 Å². The van der Waals surface area contributed by atoms with Crippen LogP contribution in [0.25, 0.3) is 22.3 Å². The molecule has 152 valence electrons. The van der Waals surface area contributed by atoms with Gasteiger partial charge in [-0.05, 0) is 60.7 Å². The van der Waals surface area contributed by atoms with Gasteiger partial charge in [0.05, 0.1) is 32.4 Å². The Hall–Kier alpha value is -3.80. The number of ether oxygens (including phenoxy) is 3. The third-order valence-electron chi connectivity index (χ3n) is 4.69. The Balaban J connectivity index is 1.95. The summed E-state index contributed by atoms with van der Waals surface area (Å²) in [6.45, 7) is 0. The fourth-order valence-corrected chi connectivity index (χ4v) is 3.15. The van der Waals surface area contributed by atoms with Crippen LogP contribution in [0.5, 0.6) is 17.2 Å². The van der Waals surface area contributed by atoms with Gasteiger partial charge in [0.2, 0.25) is 0 Å². The van der Waals surface area contributed by atoms with Gasteiger partial charge in [-0.1, -0.05) is 0 Å². The number of rotatable bonds is 5. The van der Waals surface area contributed by atoms with E-state index in [1.807, 2.05) is 42.5 Å². The molecule has 0 aliphatic rings. The van der Waals surface area contributed by atoms with E-state index < -0.39 is 0 Å². The molecule has 6 heteroatoms. The molecule has 4 aromatic rings. The van der Waals surface area contributed by atoms with Crippen LogP contribution in [0, 0.1) is 5.82 Å². The zero-order chi connectivity index (χ0) is 21.1. The molecule has 4 rings (SSSR count). The Bertz CT molecular complexity index is 1260. The highest BCUT2D eigenvalue weighted by atomic mass is 19.1. The van der Waals surface area contributed by atoms with Gasteiger partial charge in [-0.2, -0.15) is 0 Å². The Morgan fingerprint density at radius 3 is 2.23 bits per heavy atom. The van der Waals surface area contributed by atoms with Crippen LogP contribution in [-0.2, 0) is 0 Å². The average molecular weight is 405 g/mol. The van der Waals surface area contributed by atoms with E-state index in [2.05, 4.69) is 0 Å². The molecule has 0 bridgehead atoms. The molecule has 3 aromatic carbocycles. The summed E-state index contributed by atoms with van der Waals surface area (Å²) in [6.07, 6.45) is 0. The van der Waals surface area contributed by atoms with Gasteiger partial charge in [0.1, 0.15) is 22.9 Å². The molecule has 30 heavy (non-hydrogen) atoms. The maximum atomic E-state index is 13.3. The second-order valence-corrected chi connectivity index (χ2v) is 6.52. The fraction of sp³-hybridized carbons (Fsp3) is 0.125. The van der Waals surface area contributed by atoms with Crippen LogP contribution in [0.15, 0.2) is 76.1 Å². The minimum absolute atomic E-state index is 0.311. The maximum absolute atomic E-state index is 13.3. The molecule has 0 saturated heterocycles. The van der Waals surface area contributed by atoms with E-state index in [0.29, 0.717) is 39.6 Å². The molecule has 1 aromatic heterocycles. The van der Waals surface area contributed by atoms with Gasteiger partial charge in [0.15, 0.2) is 11.5 Å². The first-order chi connectivity index (χ1) is 14.6. The Labute approximate surface area is 173 Å². The number of hydrogen-bond donors (Lipinski definition) is 0. The first-order valence-corrected chi connectivity index (χ1v) is 9.26. The van der Waals surface area contributed by atoms with Crippen LogP contribution in [0.3, 0.4) is 0 Å². The Morgan fingerprint density at radius 2 is 1.53 bits per heavy atom. The highest BCUT2D eigenvalue weighted by Crippen LogP contribution is 2.33. The average Bonchev–Trinajstić information content (AvgIpc) is 2.79. The molecule has 0 aliphatic carbocycles. The number of fused-ring (bicyclic) bond motifs is 1. The minimum Gasteiger partial charge on any atom is -0.497 e. The lowest BCUT2D eigenvalue weighted by atomic mass is 10.1. The van der Waals surface area contributed by atoms with Crippen molar-refractivity contribution >= 4 is 16.7 Å². The smallest absolute Gasteiger partial charge is 0.161 e. The third kappa shape index (κ3) is 3.85. The van der Waals surface area contributed by atoms with Crippen LogP contribution in [-0.4, -0.2) is 21.3 Å². The molecule has 0 unspecified atom stereocenters. The summed E-state index contributed by atoms with van der Waals surface area (Å²) in [5.41, 5.74) is 2.08. The molecule has 0 N–H and O–H groups in total. The van der Waals surface area contributed by atoms with E-state index in [1.54, 1.807) is 33.5 Å². The number of nitrogens with zero attached hydrogens (tertiary/aromatic N) is 1. The predicted molar refractivity (Wildman–Crippen MR) is 113 cm³/mol. The zero-order valence-electron chi connectivity index (χ0n) is 16.8. The van der Waals surface area contributed by atoms with E-state index >= 15 is 0 Å². The van der Waals surface area contributed by atoms with Gasteiger partial charge < -0.3 is 18.6 Å². The normalized spacial score (nSPS) is 11.5. The summed E-state index contributed by atoms with van der Waals surface area (Å²) in [6, 6.07) is 18.9. The Morgan fingerprint density at radius 1 is 0.767 bits per heavy atom. The van der Waals surface area contributed by atoms with Crippen molar-refractivity contribution in [1.82, 2.24) is 0 Å². The summed E-state index contributed by atoms with van der Waals surface area (Å²) in [5.74, 6) is 2.20. The van der Waals surface area contributed by atoms with Crippen molar-refractivity contribution < 1.29 is 23.0 Å². The molecule has 0 saturated carbocycles. The predicted octanol–water partition coefficient (Wildman–Crippen LogP) is 5.50. The highest BCUT2D eigenvalue weighted by molar-refractivity contribution is 5.80. The van der Waals surface area contributed by atoms with Gasteiger partial charge in [0, 0.05) is 17.0 Å². The van der Waals surface area contributed by atoms with Crippen LogP contribution in [0.1, 0.15) is 0 Å². The van der Waals surface area contributed by atoms with E-state index in [1.165, 1.54) is 12.1 Å². The molecular weight excluding hydrogens is 385 g/mol. The van der Waals surface area contributed by atoms with E-state index in [9.17, 15) is 4.39 Å². The van der Waals surface area contributed by atoms with Crippen molar-refractivity contribution in [2.45, 2.75) is 0 Å². The lowest BCUT2D eigenvalue weighted by Crippen LogP contribution is -2.03. The quantitative estimate of drug-likeness (QED) is 0.440. The Kier molecular flexibility index (Phi) is 5.39. The first-order valence-electron chi connectivity index (χ1n) is 9.26. The molecule has 0 spiro atoms. The monoisotopic (exact) mass is 405 g/mol. The standard InChI is InChI=1S/C24H20FNO4/c1-27-18-9-11-21-19(13-18)20(26-17-7-5-16(25)6-8-17)14-23(30-21)15-4-10-22(28-2)24(12-15)29-3/h4-14H,1-3H3. The molecular formula is C24H20FNO4. The molecule has 0 fully saturated rings. The summed E-state index contributed by atoms with van der Waals surface area (Å²) < 4.78 is 35.5. The van der Waals surface area contributed by atoms with Crippen molar-refractivity contribution in [1.29, 1.82) is 0 Å². The van der Waals surface area contributed by atoms with E-state index in [-0.39, 0.29) is 5.82 Å². The second-order valence-electron chi connectivity index (χ2n) is 6.52. The number of methoxy groups -OCH3 is 3. The van der Waals surface area contributed by atoms with Gasteiger partial charge in [-0.15, -0.1) is 0 Å². The summed E-state index contributed by atoms with van der Waals surface area (Å²) >= 11 is 0. The second kappa shape index (κ2) is 8.29. The molecule has 0 aliphatic heterocycles. The van der Waals surface area contributed by atoms with Gasteiger partial charge in [-0.3, -0.25) is 0 Å². The third-order valence-corrected chi connectivity index (χ3v) is 4.69. The van der Waals surface area contributed by atoms with Gasteiger partial charge in [-0.25, -0.2) is 9.38 Å². The zero-order valence-corrected chi connectivity index (χ0v) is 16.8. The van der Waals surface area contributed by atoms with Crippen LogP contribution < -0.4 is 19.6 Å². The number of hydrogen-bond acceptors (Lipinski definition) is 5. The van der Waals surface area contributed by atoms with Gasteiger partial charge in [0.25, 0.3) is 0 Å². The largest absolute Gasteiger partial charge is 0.497 e. The maximum Gasteiger partial charge on any atom is 0.161 e. The summed E-state index contributed by atoms with van der Waals surface area (Å²) in [7, 11) is 4.78. The molecule has 5 nitrogen and oxygen atoms in total. The molecule has 1 heterocycles. The lowest BCUT2D eigenvalue weighted by molar-refractivity contribution is 0.355. The van der Waals surface area contributed by atoms with Crippen LogP contribution in [0.4, 0.5) is 10.1 Å². The van der Waals surface area contributed by atoms with Crippen molar-refractivity contribution in [3.05, 3.63) is 77.9 Å². The van der Waals surface area contributed by atoms with Gasteiger partial charge >= 0.3 is 0 Å². The summed E-state index contributed by atoms with van der Waals surface area (Å²) in [4.78, 5) is 4.71. The molecule has 0 radical (unpaired) electrons. The number of benzene rings is 3. The highest BCUT2D eigenvalue weighted by Gasteiger charge is 2.11. The molecule has 0 amide bonds. The minimum atomic E-state index is -0.311. The summed E-state index contributed by atoms with van der Waals surface area (Å²) in [5, 5.41) is 1.45. The topological polar surface area (TPSA) is 53.2 Å². The first kappa shape index (κ1) is 19.5. The van der Waals surface area contributed by atoms with Crippen molar-refractivity contribution in [3.8, 4) is 28.6 Å². The van der Waals surface area contributed by atoms with Crippen molar-refractivity contribution in [3.63, 3.8) is 0 Å². The SMILES string of the molecule is COc1ccc2oc(-c3ccc(OC)c(OC)c3)cc(=Nc3ccc(F)cc3)c2c1. The molecule has 0 atom stereocenters. The fourth-order valence-electron chi connectivity index (χ4n) is 3.15. The van der Waals surface area contributed by atoms with E-state index in [4.69, 9.17) is 23.6 Å². The van der Waals surface area contributed by atoms with E-state index in [0.717, 1.165) is 10.9 Å². The lowest BCUT2D eigenvalue weighted by Gasteiger charge is -2.10. The van der Waals surface area contributed by atoms with Crippen LogP contribution >= 0.6 is 0 Å². The number of halogens is 1. The van der Waals surface area contributed by atoms with Crippen LogP contribution in [0.2, 0.25) is 0 Å². The van der Waals surface area contributed by atoms with Crippen molar-refractivity contribution in [2.75, 3.05) is 21.3 Å².